The summed E-state index contributed by atoms with van der Waals surface area (Å²) in [4.78, 5) is 2.34. The molecule has 0 bridgehead atoms. The van der Waals surface area contributed by atoms with Crippen molar-refractivity contribution in [1.82, 2.24) is 4.90 Å². The van der Waals surface area contributed by atoms with Gasteiger partial charge in [-0.3, -0.25) is 4.90 Å². The smallest absolute Gasteiger partial charge is 0.119 e. The molecule has 1 aromatic carbocycles. The molecule has 18 heavy (non-hydrogen) atoms. The van der Waals surface area contributed by atoms with Crippen LogP contribution in [-0.2, 0) is 0 Å². The highest BCUT2D eigenvalue weighted by atomic mass is 32.2. The molecule has 1 rings (SSSR count). The third kappa shape index (κ3) is 3.90. The van der Waals surface area contributed by atoms with Crippen LogP contribution in [-0.4, -0.2) is 43.7 Å². The van der Waals surface area contributed by atoms with Crippen LogP contribution in [0.1, 0.15) is 18.5 Å². The standard InChI is InChI=1S/C14H24N2OS/c1-11(10-18-4)16(2)14(9-15)12-6-5-7-13(8-12)17-3/h5-8,11,14H,9-10,15H2,1-4H3. The van der Waals surface area contributed by atoms with Crippen LogP contribution < -0.4 is 10.5 Å². The Labute approximate surface area is 115 Å². The van der Waals surface area contributed by atoms with E-state index in [9.17, 15) is 0 Å². The highest BCUT2D eigenvalue weighted by Gasteiger charge is 2.20. The maximum absolute atomic E-state index is 5.94. The van der Waals surface area contributed by atoms with Crippen LogP contribution >= 0.6 is 11.8 Å². The first-order valence-electron chi connectivity index (χ1n) is 6.19. The maximum Gasteiger partial charge on any atom is 0.119 e. The molecule has 0 spiro atoms. The Bertz CT molecular complexity index is 359. The summed E-state index contributed by atoms with van der Waals surface area (Å²) in [6.45, 7) is 2.85. The topological polar surface area (TPSA) is 38.5 Å². The maximum atomic E-state index is 5.94. The second-order valence-corrected chi connectivity index (χ2v) is 5.41. The fourth-order valence-corrected chi connectivity index (χ4v) is 2.77. The van der Waals surface area contributed by atoms with Crippen LogP contribution in [0.15, 0.2) is 24.3 Å². The van der Waals surface area contributed by atoms with Crippen LogP contribution in [0.5, 0.6) is 5.75 Å². The molecule has 0 saturated heterocycles. The molecule has 0 aliphatic rings. The van der Waals surface area contributed by atoms with E-state index in [0.717, 1.165) is 11.5 Å². The summed E-state index contributed by atoms with van der Waals surface area (Å²) in [5.74, 6) is 1.99. The second kappa shape index (κ2) is 7.67. The van der Waals surface area contributed by atoms with Crippen molar-refractivity contribution in [2.45, 2.75) is 19.0 Å². The van der Waals surface area contributed by atoms with Gasteiger partial charge in [-0.15, -0.1) is 0 Å². The van der Waals surface area contributed by atoms with Gasteiger partial charge in [-0.1, -0.05) is 12.1 Å². The third-order valence-electron chi connectivity index (χ3n) is 3.30. The lowest BCUT2D eigenvalue weighted by atomic mass is 10.0. The molecular weight excluding hydrogens is 244 g/mol. The molecule has 0 amide bonds. The van der Waals surface area contributed by atoms with Crippen molar-refractivity contribution in [3.8, 4) is 5.75 Å². The first-order chi connectivity index (χ1) is 8.63. The Morgan fingerprint density at radius 1 is 1.44 bits per heavy atom. The number of rotatable bonds is 7. The molecule has 2 unspecified atom stereocenters. The summed E-state index contributed by atoms with van der Waals surface area (Å²) >= 11 is 1.86. The molecule has 1 aromatic rings. The van der Waals surface area contributed by atoms with Gasteiger partial charge in [0.1, 0.15) is 5.75 Å². The number of likely N-dealkylation sites (N-methyl/N-ethyl adjacent to an activating group) is 1. The van der Waals surface area contributed by atoms with E-state index in [1.165, 1.54) is 5.56 Å². The fraction of sp³-hybridized carbons (Fsp3) is 0.571. The van der Waals surface area contributed by atoms with Gasteiger partial charge in [-0.05, 0) is 37.9 Å². The second-order valence-electron chi connectivity index (χ2n) is 4.50. The third-order valence-corrected chi connectivity index (χ3v) is 4.11. The Morgan fingerprint density at radius 2 is 2.17 bits per heavy atom. The molecule has 2 N–H and O–H groups in total. The highest BCUT2D eigenvalue weighted by molar-refractivity contribution is 7.98. The minimum absolute atomic E-state index is 0.238. The van der Waals surface area contributed by atoms with Gasteiger partial charge in [0.2, 0.25) is 0 Å². The molecule has 2 atom stereocenters. The molecule has 0 heterocycles. The average molecular weight is 268 g/mol. The van der Waals surface area contributed by atoms with Crippen molar-refractivity contribution in [2.24, 2.45) is 5.73 Å². The number of hydrogen-bond acceptors (Lipinski definition) is 4. The first kappa shape index (κ1) is 15.3. The predicted octanol–water partition coefficient (Wildman–Crippen LogP) is 2.38. The normalized spacial score (nSPS) is 14.6. The minimum Gasteiger partial charge on any atom is -0.497 e. The van der Waals surface area contributed by atoms with Gasteiger partial charge in [-0.25, -0.2) is 0 Å². The Morgan fingerprint density at radius 3 is 2.72 bits per heavy atom. The van der Waals surface area contributed by atoms with Gasteiger partial charge in [-0.2, -0.15) is 11.8 Å². The SMILES string of the molecule is COc1cccc(C(CN)N(C)C(C)CSC)c1. The lowest BCUT2D eigenvalue weighted by Crippen LogP contribution is -2.38. The van der Waals surface area contributed by atoms with E-state index < -0.39 is 0 Å². The lowest BCUT2D eigenvalue weighted by Gasteiger charge is -2.32. The number of nitrogens with two attached hydrogens (primary N) is 1. The summed E-state index contributed by atoms with van der Waals surface area (Å²) in [6.07, 6.45) is 2.13. The van der Waals surface area contributed by atoms with Crippen LogP contribution in [0.4, 0.5) is 0 Å². The average Bonchev–Trinajstić information content (AvgIpc) is 2.40. The van der Waals surface area contributed by atoms with Gasteiger partial charge in [0.05, 0.1) is 7.11 Å². The molecule has 0 radical (unpaired) electrons. The van der Waals surface area contributed by atoms with Gasteiger partial charge in [0.15, 0.2) is 0 Å². The number of ether oxygens (including phenoxy) is 1. The molecule has 0 aromatic heterocycles. The van der Waals surface area contributed by atoms with Crippen LogP contribution in [0.3, 0.4) is 0 Å². The number of benzene rings is 1. The van der Waals surface area contributed by atoms with Gasteiger partial charge in [0, 0.05) is 24.4 Å². The Balaban J connectivity index is 2.87. The minimum atomic E-state index is 0.238. The quantitative estimate of drug-likeness (QED) is 0.824. The molecule has 4 heteroatoms. The van der Waals surface area contributed by atoms with Crippen molar-refractivity contribution >= 4 is 11.8 Å². The van der Waals surface area contributed by atoms with Gasteiger partial charge < -0.3 is 10.5 Å². The van der Waals surface area contributed by atoms with E-state index in [0.29, 0.717) is 12.6 Å². The van der Waals surface area contributed by atoms with Crippen LogP contribution in [0, 0.1) is 0 Å². The van der Waals surface area contributed by atoms with Crippen molar-refractivity contribution in [3.05, 3.63) is 29.8 Å². The predicted molar refractivity (Wildman–Crippen MR) is 80.4 cm³/mol. The summed E-state index contributed by atoms with van der Waals surface area (Å²) < 4.78 is 5.27. The van der Waals surface area contributed by atoms with Gasteiger partial charge in [0.25, 0.3) is 0 Å². The van der Waals surface area contributed by atoms with Crippen molar-refractivity contribution in [2.75, 3.05) is 32.7 Å². The first-order valence-corrected chi connectivity index (χ1v) is 7.58. The Hall–Kier alpha value is -0.710. The molecule has 0 fully saturated rings. The zero-order chi connectivity index (χ0) is 13.5. The van der Waals surface area contributed by atoms with Gasteiger partial charge >= 0.3 is 0 Å². The zero-order valence-electron chi connectivity index (χ0n) is 11.7. The van der Waals surface area contributed by atoms with E-state index in [2.05, 4.69) is 37.3 Å². The summed E-state index contributed by atoms with van der Waals surface area (Å²) in [5, 5.41) is 0. The molecule has 0 aliphatic heterocycles. The zero-order valence-corrected chi connectivity index (χ0v) is 12.5. The van der Waals surface area contributed by atoms with Crippen LogP contribution in [0.2, 0.25) is 0 Å². The van der Waals surface area contributed by atoms with Crippen LogP contribution in [0.25, 0.3) is 0 Å². The Kier molecular flexibility index (Phi) is 6.54. The summed E-state index contributed by atoms with van der Waals surface area (Å²) in [5.41, 5.74) is 7.16. The van der Waals surface area contributed by atoms with Crippen molar-refractivity contribution in [3.63, 3.8) is 0 Å². The summed E-state index contributed by atoms with van der Waals surface area (Å²) in [6, 6.07) is 8.90. The monoisotopic (exact) mass is 268 g/mol. The molecule has 3 nitrogen and oxygen atoms in total. The molecule has 102 valence electrons. The van der Waals surface area contributed by atoms with E-state index in [1.807, 2.05) is 23.9 Å². The number of thioether (sulfide) groups is 1. The highest BCUT2D eigenvalue weighted by Crippen LogP contribution is 2.24. The molecule has 0 aliphatic carbocycles. The van der Waals surface area contributed by atoms with E-state index >= 15 is 0 Å². The number of hydrogen-bond donors (Lipinski definition) is 1. The molecule has 0 saturated carbocycles. The van der Waals surface area contributed by atoms with E-state index in [1.54, 1.807) is 7.11 Å². The molecular formula is C14H24N2OS. The number of nitrogens with zero attached hydrogens (tertiary/aromatic N) is 1. The lowest BCUT2D eigenvalue weighted by molar-refractivity contribution is 0.204. The largest absolute Gasteiger partial charge is 0.497 e. The van der Waals surface area contributed by atoms with E-state index in [-0.39, 0.29) is 6.04 Å². The fourth-order valence-electron chi connectivity index (χ4n) is 2.05. The number of methoxy groups -OCH3 is 1. The van der Waals surface area contributed by atoms with Crippen molar-refractivity contribution < 1.29 is 4.74 Å². The van der Waals surface area contributed by atoms with E-state index in [4.69, 9.17) is 10.5 Å². The van der Waals surface area contributed by atoms with Crippen molar-refractivity contribution in [1.29, 1.82) is 0 Å². The summed E-state index contributed by atoms with van der Waals surface area (Å²) in [7, 11) is 3.83.